The van der Waals surface area contributed by atoms with Gasteiger partial charge in [-0.25, -0.2) is 4.39 Å². The lowest BCUT2D eigenvalue weighted by molar-refractivity contribution is -0.138. The van der Waals surface area contributed by atoms with Crippen LogP contribution in [0.25, 0.3) is 11.3 Å². The summed E-state index contributed by atoms with van der Waals surface area (Å²) in [5.41, 5.74) is 10.1. The summed E-state index contributed by atoms with van der Waals surface area (Å²) in [7, 11) is 0. The van der Waals surface area contributed by atoms with Crippen LogP contribution in [-0.4, -0.2) is 143 Å². The smallest absolute Gasteiger partial charge is 0.262 e. The number of phenolic OH excluding ortho intramolecular Hbond substituents is 1. The molecule has 7 heterocycles. The van der Waals surface area contributed by atoms with Crippen molar-refractivity contribution in [3.63, 3.8) is 0 Å². The largest absolute Gasteiger partial charge is 0.507 e. The van der Waals surface area contributed by atoms with Crippen LogP contribution in [0.15, 0.2) is 66.7 Å². The molecule has 0 spiro atoms. The molecule has 10 rings (SSSR count). The lowest BCUT2D eigenvalue weighted by atomic mass is 9.94. The molecule has 338 valence electrons. The molecule has 3 atom stereocenters. The number of hydrogen-bond donors (Lipinski definition) is 3. The number of benzene rings is 3. The molecule has 2 bridgehead atoms. The molecule has 5 fully saturated rings. The Morgan fingerprint density at radius 2 is 1.52 bits per heavy atom. The van der Waals surface area contributed by atoms with E-state index >= 15 is 0 Å². The number of halogens is 1. The average Bonchev–Trinajstić information content (AvgIpc) is 3.72. The van der Waals surface area contributed by atoms with Gasteiger partial charge in [-0.15, -0.1) is 10.2 Å². The molecule has 0 saturated carbocycles. The number of rotatable bonds is 10. The summed E-state index contributed by atoms with van der Waals surface area (Å²) >= 11 is 0. The number of piperazine rings is 2. The molecule has 6 aliphatic heterocycles. The maximum Gasteiger partial charge on any atom is 0.262 e. The number of hydrogen-bond acceptors (Lipinski definition) is 14. The number of amides is 5. The van der Waals surface area contributed by atoms with Crippen molar-refractivity contribution in [3.8, 4) is 22.8 Å². The van der Waals surface area contributed by atoms with Crippen LogP contribution in [0.1, 0.15) is 59.2 Å². The Hall–Kier alpha value is -6.82. The SMILES string of the molecule is Nc1nnc(-c2cc(F)ccc2O)cc1N1C2CCC1CN(c1cccc(OCCN3CCN(C(=O)C4CCN(c5ccc6c(c5)C(=O)N(C5CCC(=O)NC5=O)C6=O)CC4)CC3)c1)C2. The van der Waals surface area contributed by atoms with Crippen LogP contribution < -0.4 is 30.5 Å². The number of nitrogens with one attached hydrogen (secondary N) is 1. The number of piperidine rings is 2. The second-order valence-electron chi connectivity index (χ2n) is 17.8. The quantitative estimate of drug-likeness (QED) is 0.196. The Morgan fingerprint density at radius 3 is 2.28 bits per heavy atom. The topological polar surface area (TPSA) is 198 Å². The summed E-state index contributed by atoms with van der Waals surface area (Å²) in [4.78, 5) is 76.4. The number of aromatic hydroxyl groups is 1. The number of carbonyl (C=O) groups excluding carboxylic acids is 5. The summed E-state index contributed by atoms with van der Waals surface area (Å²) in [6.07, 6.45) is 3.50. The molecule has 0 aliphatic carbocycles. The van der Waals surface area contributed by atoms with Crippen molar-refractivity contribution in [2.45, 2.75) is 56.7 Å². The second-order valence-corrected chi connectivity index (χ2v) is 17.8. The Bertz CT molecular complexity index is 2550. The normalized spacial score (nSPS) is 22.7. The standard InChI is InChI=1S/C47H51FN10O7/c48-29-4-10-41(59)37(22-29)38-25-40(43(49)52-51-38)57-32-5-6-33(57)27-56(26-32)30-2-1-3-34(23-30)65-21-20-53-16-18-55(19-17-53)45(62)28-12-14-54(15-13-28)31-7-8-35-36(24-31)47(64)58(46(35)63)39-9-11-42(60)50-44(39)61/h1-4,7-8,10,22-25,28,32-33,39,59H,5-6,9,11-21,26-27H2,(H2,49,52)(H,50,60,61). The zero-order valence-electron chi connectivity index (χ0n) is 35.9. The third-order valence-corrected chi connectivity index (χ3v) is 14.0. The van der Waals surface area contributed by atoms with Crippen molar-refractivity contribution >= 4 is 52.4 Å². The van der Waals surface area contributed by atoms with Crippen molar-refractivity contribution < 1.29 is 38.2 Å². The van der Waals surface area contributed by atoms with Crippen LogP contribution in [0.4, 0.5) is 27.3 Å². The first-order valence-electron chi connectivity index (χ1n) is 22.5. The van der Waals surface area contributed by atoms with Gasteiger partial charge in [0.15, 0.2) is 5.82 Å². The lowest BCUT2D eigenvalue weighted by Crippen LogP contribution is -2.54. The molecule has 4 N–H and O–H groups in total. The van der Waals surface area contributed by atoms with Gasteiger partial charge < -0.3 is 35.2 Å². The molecule has 0 radical (unpaired) electrons. The van der Waals surface area contributed by atoms with Gasteiger partial charge in [-0.2, -0.15) is 0 Å². The fourth-order valence-corrected chi connectivity index (χ4v) is 10.5. The van der Waals surface area contributed by atoms with Gasteiger partial charge in [0, 0.05) is 106 Å². The fourth-order valence-electron chi connectivity index (χ4n) is 10.5. The minimum absolute atomic E-state index is 0.0662. The van der Waals surface area contributed by atoms with Gasteiger partial charge in [-0.05, 0) is 86.7 Å². The van der Waals surface area contributed by atoms with E-state index in [1.165, 1.54) is 18.2 Å². The molecule has 18 heteroatoms. The number of carbonyl (C=O) groups is 5. The van der Waals surface area contributed by atoms with Crippen LogP contribution in [0, 0.1) is 11.7 Å². The van der Waals surface area contributed by atoms with Crippen LogP contribution in [0.2, 0.25) is 0 Å². The monoisotopic (exact) mass is 886 g/mol. The molecule has 3 aromatic carbocycles. The molecular weight excluding hydrogens is 836 g/mol. The molecular formula is C47H51FN10O7. The Balaban J connectivity index is 0.675. The summed E-state index contributed by atoms with van der Waals surface area (Å²) in [5.74, 6) is -1.47. The molecule has 65 heavy (non-hydrogen) atoms. The van der Waals surface area contributed by atoms with Crippen LogP contribution in [0.3, 0.4) is 0 Å². The number of ether oxygens (including phenoxy) is 1. The first-order chi connectivity index (χ1) is 31.5. The third-order valence-electron chi connectivity index (χ3n) is 14.0. The zero-order valence-corrected chi connectivity index (χ0v) is 35.9. The van der Waals surface area contributed by atoms with E-state index in [1.54, 1.807) is 18.2 Å². The zero-order chi connectivity index (χ0) is 44.9. The van der Waals surface area contributed by atoms with Gasteiger partial charge >= 0.3 is 0 Å². The Kier molecular flexibility index (Phi) is 11.2. The maximum absolute atomic E-state index is 14.1. The minimum atomic E-state index is -1.01. The van der Waals surface area contributed by atoms with Gasteiger partial charge in [0.25, 0.3) is 11.8 Å². The number of aromatic nitrogens is 2. The lowest BCUT2D eigenvalue weighted by Gasteiger charge is -2.43. The molecule has 17 nitrogen and oxygen atoms in total. The van der Waals surface area contributed by atoms with Crippen molar-refractivity contribution in [2.75, 3.05) is 85.9 Å². The number of nitrogens with zero attached hydrogens (tertiary/aromatic N) is 8. The van der Waals surface area contributed by atoms with Crippen LogP contribution in [0.5, 0.6) is 11.5 Å². The third kappa shape index (κ3) is 8.15. The molecule has 1 aromatic heterocycles. The highest BCUT2D eigenvalue weighted by Gasteiger charge is 2.45. The Morgan fingerprint density at radius 1 is 0.785 bits per heavy atom. The van der Waals surface area contributed by atoms with Crippen molar-refractivity contribution in [1.82, 2.24) is 30.2 Å². The van der Waals surface area contributed by atoms with Gasteiger partial charge in [-0.1, -0.05) is 6.07 Å². The van der Waals surface area contributed by atoms with Crippen molar-refractivity contribution in [3.05, 3.63) is 83.7 Å². The van der Waals surface area contributed by atoms with Crippen molar-refractivity contribution in [2.24, 2.45) is 5.92 Å². The summed E-state index contributed by atoms with van der Waals surface area (Å²) in [6.45, 7) is 6.92. The molecule has 6 aliphatic rings. The van der Waals surface area contributed by atoms with Gasteiger partial charge in [0.05, 0.1) is 22.5 Å². The number of phenols is 1. The van der Waals surface area contributed by atoms with E-state index in [1.807, 2.05) is 23.1 Å². The van der Waals surface area contributed by atoms with E-state index in [0.29, 0.717) is 57.1 Å². The highest BCUT2D eigenvalue weighted by molar-refractivity contribution is 6.23. The highest BCUT2D eigenvalue weighted by atomic mass is 19.1. The maximum atomic E-state index is 14.1. The summed E-state index contributed by atoms with van der Waals surface area (Å²) in [5, 5.41) is 21.0. The van der Waals surface area contributed by atoms with E-state index in [-0.39, 0.29) is 59.2 Å². The number of fused-ring (bicyclic) bond motifs is 3. The van der Waals surface area contributed by atoms with E-state index in [9.17, 15) is 33.5 Å². The minimum Gasteiger partial charge on any atom is -0.507 e. The Labute approximate surface area is 374 Å². The second kappa shape index (κ2) is 17.3. The van der Waals surface area contributed by atoms with E-state index in [4.69, 9.17) is 10.5 Å². The number of nitrogens with two attached hydrogens (primary N) is 1. The predicted octanol–water partition coefficient (Wildman–Crippen LogP) is 3.27. The number of nitrogen functional groups attached to an aromatic ring is 1. The van der Waals surface area contributed by atoms with E-state index in [2.05, 4.69) is 47.2 Å². The summed E-state index contributed by atoms with van der Waals surface area (Å²) in [6, 6.07) is 18.2. The number of anilines is 4. The molecule has 5 amide bonds. The van der Waals surface area contributed by atoms with Crippen LogP contribution >= 0.6 is 0 Å². The molecule has 3 unspecified atom stereocenters. The first-order valence-corrected chi connectivity index (χ1v) is 22.5. The average molecular weight is 887 g/mol. The fraction of sp³-hybridized carbons (Fsp3) is 0.426. The van der Waals surface area contributed by atoms with E-state index < -0.39 is 35.5 Å². The predicted molar refractivity (Wildman–Crippen MR) is 238 cm³/mol. The first kappa shape index (κ1) is 42.1. The van der Waals surface area contributed by atoms with Gasteiger partial charge in [0.1, 0.15) is 30.0 Å². The highest BCUT2D eigenvalue weighted by Crippen LogP contribution is 2.41. The van der Waals surface area contributed by atoms with Crippen molar-refractivity contribution in [1.29, 1.82) is 0 Å². The molecule has 4 aromatic rings. The summed E-state index contributed by atoms with van der Waals surface area (Å²) < 4.78 is 20.3. The molecule has 5 saturated heterocycles. The number of imide groups is 2. The van der Waals surface area contributed by atoms with Crippen LogP contribution in [-0.2, 0) is 14.4 Å². The van der Waals surface area contributed by atoms with Gasteiger partial charge in [-0.3, -0.25) is 39.1 Å². The van der Waals surface area contributed by atoms with E-state index in [0.717, 1.165) is 73.3 Å². The van der Waals surface area contributed by atoms with Gasteiger partial charge in [0.2, 0.25) is 17.7 Å².